The van der Waals surface area contributed by atoms with Gasteiger partial charge >= 0.3 is 6.03 Å². The van der Waals surface area contributed by atoms with Crippen molar-refractivity contribution in [2.45, 2.75) is 64.1 Å². The van der Waals surface area contributed by atoms with Gasteiger partial charge in [0.05, 0.1) is 5.54 Å². The van der Waals surface area contributed by atoms with Crippen molar-refractivity contribution < 1.29 is 4.79 Å². The molecule has 168 valence electrons. The molecule has 0 bridgehead atoms. The first-order chi connectivity index (χ1) is 14.6. The number of hydrogen-bond donors (Lipinski definition) is 2. The van der Waals surface area contributed by atoms with Crippen LogP contribution in [0, 0.1) is 6.92 Å². The van der Waals surface area contributed by atoms with Crippen molar-refractivity contribution in [2.24, 2.45) is 5.73 Å². The highest BCUT2D eigenvalue weighted by molar-refractivity contribution is 6.30. The van der Waals surface area contributed by atoms with Crippen LogP contribution in [0.2, 0.25) is 5.02 Å². The first kappa shape index (κ1) is 23.1. The van der Waals surface area contributed by atoms with Crippen molar-refractivity contribution in [1.29, 1.82) is 0 Å². The van der Waals surface area contributed by atoms with Crippen molar-refractivity contribution in [2.75, 3.05) is 24.3 Å². The van der Waals surface area contributed by atoms with Crippen LogP contribution in [0.25, 0.3) is 0 Å². The number of aryl methyl sites for hydroxylation is 1. The van der Waals surface area contributed by atoms with Gasteiger partial charge in [-0.05, 0) is 64.2 Å². The molecular formula is C23H33ClN6O. The Bertz CT molecular complexity index is 907. The molecule has 1 saturated carbocycles. The second-order valence-corrected chi connectivity index (χ2v) is 9.45. The number of nitrogens with two attached hydrogens (primary N) is 1. The zero-order valence-electron chi connectivity index (χ0n) is 19.0. The number of amides is 2. The second kappa shape index (κ2) is 9.30. The van der Waals surface area contributed by atoms with Gasteiger partial charge in [0.25, 0.3) is 0 Å². The predicted molar refractivity (Wildman–Crippen MR) is 127 cm³/mol. The average molecular weight is 445 g/mol. The minimum atomic E-state index is -0.526. The van der Waals surface area contributed by atoms with Crippen molar-refractivity contribution in [3.05, 3.63) is 46.6 Å². The van der Waals surface area contributed by atoms with Crippen molar-refractivity contribution in [1.82, 2.24) is 14.9 Å². The molecule has 1 heterocycles. The third-order valence-electron chi connectivity index (χ3n) is 6.08. The molecule has 3 rings (SSSR count). The Morgan fingerprint density at radius 1 is 1.13 bits per heavy atom. The highest BCUT2D eigenvalue weighted by Gasteiger charge is 2.38. The van der Waals surface area contributed by atoms with Crippen LogP contribution >= 0.6 is 11.6 Å². The number of carbonyl (C=O) groups excluding carboxylic acids is 1. The Morgan fingerprint density at radius 3 is 2.29 bits per heavy atom. The van der Waals surface area contributed by atoms with E-state index in [2.05, 4.69) is 15.3 Å². The minimum Gasteiger partial charge on any atom is -0.363 e. The number of nitrogens with one attached hydrogen (secondary N) is 1. The summed E-state index contributed by atoms with van der Waals surface area (Å²) in [6, 6.07) is 9.54. The fourth-order valence-electron chi connectivity index (χ4n) is 4.42. The number of carbonyl (C=O) groups is 1. The molecule has 0 unspecified atom stereocenters. The molecule has 0 spiro atoms. The summed E-state index contributed by atoms with van der Waals surface area (Å²) >= 11 is 6.05. The van der Waals surface area contributed by atoms with Crippen LogP contribution in [0.5, 0.6) is 0 Å². The fraction of sp³-hybridized carbons (Fsp3) is 0.522. The van der Waals surface area contributed by atoms with Crippen LogP contribution in [0.3, 0.4) is 0 Å². The van der Waals surface area contributed by atoms with Crippen LogP contribution < -0.4 is 16.0 Å². The number of hydrogen-bond acceptors (Lipinski definition) is 5. The number of primary amides is 1. The van der Waals surface area contributed by atoms with Crippen LogP contribution in [0.4, 0.5) is 16.6 Å². The zero-order chi connectivity index (χ0) is 22.8. The van der Waals surface area contributed by atoms with Gasteiger partial charge in [-0.2, -0.15) is 4.98 Å². The lowest BCUT2D eigenvalue weighted by Crippen LogP contribution is -2.55. The van der Waals surface area contributed by atoms with E-state index < -0.39 is 11.6 Å². The average Bonchev–Trinajstić information content (AvgIpc) is 2.69. The SMILES string of the molecule is Cc1cc(N(C)C)nc(NC2CCC(N(C(N)=O)C(C)(C)c3ccc(Cl)cc3)CC2)n1. The monoisotopic (exact) mass is 444 g/mol. The summed E-state index contributed by atoms with van der Waals surface area (Å²) in [5.41, 5.74) is 7.28. The first-order valence-electron chi connectivity index (χ1n) is 10.7. The van der Waals surface area contributed by atoms with Gasteiger partial charge < -0.3 is 20.9 Å². The molecule has 1 fully saturated rings. The van der Waals surface area contributed by atoms with Gasteiger partial charge in [-0.25, -0.2) is 9.78 Å². The van der Waals surface area contributed by atoms with Gasteiger partial charge in [0.2, 0.25) is 5.95 Å². The molecule has 2 amide bonds. The molecule has 0 radical (unpaired) electrons. The van der Waals surface area contributed by atoms with Crippen LogP contribution in [-0.2, 0) is 5.54 Å². The van der Waals surface area contributed by atoms with Gasteiger partial charge in [-0.1, -0.05) is 23.7 Å². The molecule has 1 aliphatic rings. The molecule has 0 aliphatic heterocycles. The molecule has 7 nitrogen and oxygen atoms in total. The smallest absolute Gasteiger partial charge is 0.315 e. The lowest BCUT2D eigenvalue weighted by Gasteiger charge is -2.45. The van der Waals surface area contributed by atoms with E-state index in [1.54, 1.807) is 0 Å². The third kappa shape index (κ3) is 5.39. The number of rotatable bonds is 6. The van der Waals surface area contributed by atoms with Gasteiger partial charge in [0.15, 0.2) is 0 Å². The fourth-order valence-corrected chi connectivity index (χ4v) is 4.54. The Labute approximate surface area is 190 Å². The normalized spacial score (nSPS) is 19.0. The number of urea groups is 1. The molecule has 2 aromatic rings. The number of nitrogens with zero attached hydrogens (tertiary/aromatic N) is 4. The lowest BCUT2D eigenvalue weighted by molar-refractivity contribution is 0.0826. The number of benzene rings is 1. The van der Waals surface area contributed by atoms with E-state index in [9.17, 15) is 4.79 Å². The maximum Gasteiger partial charge on any atom is 0.315 e. The molecule has 31 heavy (non-hydrogen) atoms. The van der Waals surface area contributed by atoms with Gasteiger partial charge in [-0.3, -0.25) is 0 Å². The number of anilines is 2. The highest BCUT2D eigenvalue weighted by atomic mass is 35.5. The topological polar surface area (TPSA) is 87.4 Å². The largest absolute Gasteiger partial charge is 0.363 e. The Balaban J connectivity index is 1.69. The van der Waals surface area contributed by atoms with Gasteiger partial charge in [-0.15, -0.1) is 0 Å². The second-order valence-electron chi connectivity index (χ2n) is 9.01. The molecule has 0 saturated heterocycles. The molecular weight excluding hydrogens is 412 g/mol. The summed E-state index contributed by atoms with van der Waals surface area (Å²) in [4.78, 5) is 25.4. The van der Waals surface area contributed by atoms with Crippen molar-refractivity contribution in [3.63, 3.8) is 0 Å². The summed E-state index contributed by atoms with van der Waals surface area (Å²) in [6.45, 7) is 6.05. The van der Waals surface area contributed by atoms with Crippen molar-refractivity contribution >= 4 is 29.4 Å². The van der Waals surface area contributed by atoms with Crippen molar-refractivity contribution in [3.8, 4) is 0 Å². The molecule has 0 atom stereocenters. The maximum absolute atomic E-state index is 12.5. The maximum atomic E-state index is 12.5. The van der Waals surface area contributed by atoms with Crippen LogP contribution in [0.1, 0.15) is 50.8 Å². The van der Waals surface area contributed by atoms with Crippen LogP contribution in [-0.4, -0.2) is 47.1 Å². The number of aromatic nitrogens is 2. The Kier molecular flexibility index (Phi) is 6.94. The van der Waals surface area contributed by atoms with Gasteiger partial charge in [0, 0.05) is 43.0 Å². The first-order valence-corrected chi connectivity index (χ1v) is 11.1. The van der Waals surface area contributed by atoms with E-state index >= 15 is 0 Å². The van der Waals surface area contributed by atoms with E-state index in [1.165, 1.54) is 0 Å². The summed E-state index contributed by atoms with van der Waals surface area (Å²) < 4.78 is 0. The summed E-state index contributed by atoms with van der Waals surface area (Å²) in [5, 5.41) is 4.16. The van der Waals surface area contributed by atoms with E-state index in [1.807, 2.05) is 75.0 Å². The Morgan fingerprint density at radius 2 is 1.74 bits per heavy atom. The van der Waals surface area contributed by atoms with Gasteiger partial charge in [0.1, 0.15) is 5.82 Å². The Hall–Kier alpha value is -2.54. The van der Waals surface area contributed by atoms with E-state index in [-0.39, 0.29) is 12.1 Å². The third-order valence-corrected chi connectivity index (χ3v) is 6.34. The molecule has 3 N–H and O–H groups in total. The summed E-state index contributed by atoms with van der Waals surface area (Å²) in [5.74, 6) is 1.54. The van der Waals surface area contributed by atoms with E-state index in [4.69, 9.17) is 17.3 Å². The summed E-state index contributed by atoms with van der Waals surface area (Å²) in [6.07, 6.45) is 3.56. The standard InChI is InChI=1S/C23H33ClN6O/c1-15-14-20(29(4)5)28-22(26-15)27-18-10-12-19(13-11-18)30(21(25)31)23(2,3)16-6-8-17(24)9-7-16/h6-9,14,18-19H,10-13H2,1-5H3,(H2,25,31)(H,26,27,28). The molecule has 1 aromatic heterocycles. The lowest BCUT2D eigenvalue weighted by atomic mass is 9.85. The quantitative estimate of drug-likeness (QED) is 0.682. The predicted octanol–water partition coefficient (Wildman–Crippen LogP) is 4.54. The highest BCUT2D eigenvalue weighted by Crippen LogP contribution is 2.35. The van der Waals surface area contributed by atoms with Crippen LogP contribution in [0.15, 0.2) is 30.3 Å². The molecule has 1 aromatic carbocycles. The minimum absolute atomic E-state index is 0.0805. The van der Waals surface area contributed by atoms with E-state index in [0.29, 0.717) is 11.0 Å². The number of halogens is 1. The summed E-state index contributed by atoms with van der Waals surface area (Å²) in [7, 11) is 3.94. The molecule has 8 heteroatoms. The molecule has 1 aliphatic carbocycles. The zero-order valence-corrected chi connectivity index (χ0v) is 19.8. The van der Waals surface area contributed by atoms with E-state index in [0.717, 1.165) is 42.8 Å².